The first kappa shape index (κ1) is 21.5. The van der Waals surface area contributed by atoms with Crippen LogP contribution < -0.4 is 20.5 Å². The van der Waals surface area contributed by atoms with Crippen LogP contribution in [0.1, 0.15) is 6.92 Å². The molecular formula is C14H5F10NO3. The highest BCUT2D eigenvalue weighted by molar-refractivity contribution is 5.77. The predicted octanol–water partition coefficient (Wildman–Crippen LogP) is 3.75. The quantitative estimate of drug-likeness (QED) is 0.324. The first-order valence-electron chi connectivity index (χ1n) is 6.92. The van der Waals surface area contributed by atoms with Crippen molar-refractivity contribution in [3.63, 3.8) is 0 Å². The number of benzene rings is 1. The topological polar surface area (TPSA) is 46.6 Å². The van der Waals surface area contributed by atoms with Crippen molar-refractivity contribution >= 4 is 5.69 Å². The van der Waals surface area contributed by atoms with E-state index in [9.17, 15) is 53.5 Å². The molecule has 14 heteroatoms. The molecule has 0 spiro atoms. The van der Waals surface area contributed by atoms with Crippen LogP contribution in [0.15, 0.2) is 9.59 Å². The molecule has 0 heterocycles. The summed E-state index contributed by atoms with van der Waals surface area (Å²) in [7, 11) is 0. The summed E-state index contributed by atoms with van der Waals surface area (Å²) in [6.07, 6.45) is -13.0. The average molecular weight is 425 g/mol. The molecule has 2 aromatic rings. The van der Waals surface area contributed by atoms with Gasteiger partial charge in [-0.3, -0.25) is 9.59 Å². The minimum absolute atomic E-state index is 0.361. The molecule has 0 amide bonds. The van der Waals surface area contributed by atoms with E-state index in [1.165, 1.54) is 6.92 Å². The van der Waals surface area contributed by atoms with Crippen LogP contribution in [0.3, 0.4) is 0 Å². The van der Waals surface area contributed by atoms with Gasteiger partial charge in [-0.2, -0.15) is 4.90 Å². The van der Waals surface area contributed by atoms with Gasteiger partial charge in [0, 0.05) is 0 Å². The van der Waals surface area contributed by atoms with E-state index in [4.69, 9.17) is 0 Å². The van der Waals surface area contributed by atoms with Crippen molar-refractivity contribution in [3.05, 3.63) is 43.7 Å². The fourth-order valence-corrected chi connectivity index (χ4v) is 2.31. The number of alkyl halides is 6. The lowest BCUT2D eigenvalue weighted by molar-refractivity contribution is -0.227. The van der Waals surface area contributed by atoms with Gasteiger partial charge in [0.05, 0.1) is 17.7 Å². The van der Waals surface area contributed by atoms with Crippen LogP contribution in [0.2, 0.25) is 0 Å². The molecule has 0 saturated heterocycles. The molecule has 154 valence electrons. The van der Waals surface area contributed by atoms with Gasteiger partial charge in [-0.25, -0.2) is 17.6 Å². The summed E-state index contributed by atoms with van der Waals surface area (Å²) in [6.45, 7) is 0.877. The molecule has 0 aliphatic heterocycles. The van der Waals surface area contributed by atoms with E-state index in [-0.39, 0.29) is 6.61 Å². The minimum Gasteiger partial charge on any atom is -0.489 e. The number of nitrogens with zero attached hydrogens (tertiary/aromatic N) is 1. The van der Waals surface area contributed by atoms with Crippen molar-refractivity contribution in [2.24, 2.45) is 0 Å². The van der Waals surface area contributed by atoms with Crippen LogP contribution in [-0.2, 0) is 0 Å². The van der Waals surface area contributed by atoms with E-state index in [1.807, 2.05) is 0 Å². The number of halogens is 10. The summed E-state index contributed by atoms with van der Waals surface area (Å²) in [4.78, 5) is 20.0. The van der Waals surface area contributed by atoms with Gasteiger partial charge in [0.25, 0.3) is 5.43 Å². The molecule has 0 aliphatic rings. The molecular weight excluding hydrogens is 420 g/mol. The first-order chi connectivity index (χ1) is 12.7. The van der Waals surface area contributed by atoms with Gasteiger partial charge >= 0.3 is 12.6 Å². The Morgan fingerprint density at radius 2 is 1.18 bits per heavy atom. The van der Waals surface area contributed by atoms with Gasteiger partial charge in [0.2, 0.25) is 5.43 Å². The van der Waals surface area contributed by atoms with E-state index >= 15 is 0 Å². The zero-order valence-electron chi connectivity index (χ0n) is 13.2. The molecule has 0 N–H and O–H groups in total. The van der Waals surface area contributed by atoms with Crippen molar-refractivity contribution in [1.29, 1.82) is 0 Å². The summed E-state index contributed by atoms with van der Waals surface area (Å²) in [6, 6.07) is 0. The van der Waals surface area contributed by atoms with E-state index in [2.05, 4.69) is 4.74 Å². The SMILES string of the molecule is CCOc1c(-c2c(F)c(F)c(N(C(F)(F)F)C(F)(F)F)c(F)c2F)c(=O)c1=O. The summed E-state index contributed by atoms with van der Waals surface area (Å²) in [5, 5.41) is 0. The molecule has 2 aromatic carbocycles. The summed E-state index contributed by atoms with van der Waals surface area (Å²) in [5.41, 5.74) is -9.59. The van der Waals surface area contributed by atoms with Crippen molar-refractivity contribution in [1.82, 2.24) is 0 Å². The van der Waals surface area contributed by atoms with Gasteiger partial charge in [-0.15, -0.1) is 26.3 Å². The van der Waals surface area contributed by atoms with E-state index < -0.39 is 74.2 Å². The first-order valence-corrected chi connectivity index (χ1v) is 6.92. The van der Waals surface area contributed by atoms with Crippen LogP contribution in [0, 0.1) is 23.3 Å². The normalized spacial score (nSPS) is 12.5. The molecule has 0 aromatic heterocycles. The fourth-order valence-electron chi connectivity index (χ4n) is 2.31. The third-order valence-electron chi connectivity index (χ3n) is 3.38. The molecule has 0 fully saturated rings. The Kier molecular flexibility index (Phi) is 5.12. The van der Waals surface area contributed by atoms with Gasteiger partial charge < -0.3 is 4.74 Å². The molecule has 0 unspecified atom stereocenters. The Labute approximate surface area is 147 Å². The van der Waals surface area contributed by atoms with Crippen molar-refractivity contribution < 1.29 is 48.6 Å². The van der Waals surface area contributed by atoms with Crippen LogP contribution in [0.4, 0.5) is 49.6 Å². The average Bonchev–Trinajstić information content (AvgIpc) is 2.56. The molecule has 0 atom stereocenters. The smallest absolute Gasteiger partial charge is 0.489 e. The Morgan fingerprint density at radius 1 is 0.750 bits per heavy atom. The maximum atomic E-state index is 14.1. The van der Waals surface area contributed by atoms with Crippen LogP contribution in [-0.4, -0.2) is 19.2 Å². The number of hydrogen-bond acceptors (Lipinski definition) is 4. The lowest BCUT2D eigenvalue weighted by atomic mass is 9.97. The molecule has 0 aliphatic carbocycles. The number of hydrogen-bond donors (Lipinski definition) is 0. The summed E-state index contributed by atoms with van der Waals surface area (Å²) < 4.78 is 137. The van der Waals surface area contributed by atoms with Gasteiger partial charge in [0.1, 0.15) is 5.69 Å². The highest BCUT2D eigenvalue weighted by atomic mass is 19.4. The van der Waals surface area contributed by atoms with Crippen molar-refractivity contribution in [2.75, 3.05) is 11.5 Å². The molecule has 28 heavy (non-hydrogen) atoms. The third-order valence-corrected chi connectivity index (χ3v) is 3.38. The second-order valence-corrected chi connectivity index (χ2v) is 5.05. The zero-order chi connectivity index (χ0) is 21.8. The van der Waals surface area contributed by atoms with Crippen LogP contribution in [0.5, 0.6) is 5.75 Å². The van der Waals surface area contributed by atoms with Crippen molar-refractivity contribution in [2.45, 2.75) is 19.5 Å². The van der Waals surface area contributed by atoms with E-state index in [1.54, 1.807) is 0 Å². The van der Waals surface area contributed by atoms with Gasteiger partial charge in [0.15, 0.2) is 29.0 Å². The Morgan fingerprint density at radius 3 is 1.54 bits per heavy atom. The molecule has 0 saturated carbocycles. The maximum Gasteiger partial charge on any atom is 0.491 e. The second-order valence-electron chi connectivity index (χ2n) is 5.05. The maximum absolute atomic E-state index is 14.1. The third kappa shape index (κ3) is 3.16. The predicted molar refractivity (Wildman–Crippen MR) is 72.4 cm³/mol. The number of rotatable bonds is 4. The van der Waals surface area contributed by atoms with Crippen LogP contribution in [0.25, 0.3) is 11.1 Å². The minimum atomic E-state index is -6.52. The fraction of sp³-hybridized carbons (Fsp3) is 0.286. The molecule has 0 radical (unpaired) electrons. The number of anilines is 1. The van der Waals surface area contributed by atoms with Crippen LogP contribution >= 0.6 is 0 Å². The van der Waals surface area contributed by atoms with Gasteiger partial charge in [-0.05, 0) is 6.92 Å². The monoisotopic (exact) mass is 425 g/mol. The summed E-state index contributed by atoms with van der Waals surface area (Å²) in [5.74, 6) is -12.7. The Balaban J connectivity index is 2.88. The number of ether oxygens (including phenoxy) is 1. The lowest BCUT2D eigenvalue weighted by Gasteiger charge is -2.29. The highest BCUT2D eigenvalue weighted by Crippen LogP contribution is 2.45. The Bertz CT molecular complexity index is 958. The molecule has 2 rings (SSSR count). The van der Waals surface area contributed by atoms with Crippen molar-refractivity contribution in [3.8, 4) is 16.9 Å². The molecule has 4 nitrogen and oxygen atoms in total. The zero-order valence-corrected chi connectivity index (χ0v) is 13.2. The standard InChI is InChI=1S/C14H5F10NO3/c1-2-28-12-4(10(26)11(12)27)3-5(15)7(17)9(8(18)6(3)16)25(13(19,20)21)14(22,23)24/h2H2,1H3. The van der Waals surface area contributed by atoms with Gasteiger partial charge in [-0.1, -0.05) is 0 Å². The van der Waals surface area contributed by atoms with E-state index in [0.29, 0.717) is 0 Å². The Hall–Kier alpha value is -2.80. The largest absolute Gasteiger partial charge is 0.491 e. The second kappa shape index (κ2) is 6.67. The summed E-state index contributed by atoms with van der Waals surface area (Å²) >= 11 is 0. The lowest BCUT2D eigenvalue weighted by Crippen LogP contribution is -2.49. The van der Waals surface area contributed by atoms with E-state index in [0.717, 1.165) is 0 Å². The molecule has 0 bridgehead atoms. The highest BCUT2D eigenvalue weighted by Gasteiger charge is 2.57.